The highest BCUT2D eigenvalue weighted by molar-refractivity contribution is 6.32. The van der Waals surface area contributed by atoms with Gasteiger partial charge >= 0.3 is 5.97 Å². The van der Waals surface area contributed by atoms with E-state index in [1.807, 2.05) is 24.3 Å². The summed E-state index contributed by atoms with van der Waals surface area (Å²) >= 11 is 0. The molecular weight excluding hydrogens is 337 g/mol. The molecule has 1 aliphatic rings. The van der Waals surface area contributed by atoms with Crippen LogP contribution in [0.2, 0.25) is 0 Å². The van der Waals surface area contributed by atoms with E-state index in [2.05, 4.69) is 48.9 Å². The highest BCUT2D eigenvalue weighted by atomic mass is 16.4. The average Bonchev–Trinajstić information content (AvgIpc) is 3.03. The van der Waals surface area contributed by atoms with Crippen molar-refractivity contribution in [2.45, 2.75) is 38.1 Å². The Bertz CT molecular complexity index is 797. The Morgan fingerprint density at radius 2 is 2.07 bits per heavy atom. The van der Waals surface area contributed by atoms with E-state index in [0.717, 1.165) is 37.3 Å². The number of aliphatic carboxylic acids is 1. The number of hydrogen-bond donors (Lipinski definition) is 4. The normalized spacial score (nSPS) is 16.3. The van der Waals surface area contributed by atoms with E-state index < -0.39 is 5.97 Å². The maximum Gasteiger partial charge on any atom is 0.305 e. The molecule has 2 atom stereocenters. The molecule has 0 saturated heterocycles. The summed E-state index contributed by atoms with van der Waals surface area (Å²) in [6, 6.07) is 14.5. The van der Waals surface area contributed by atoms with Crippen molar-refractivity contribution >= 4 is 36.3 Å². The van der Waals surface area contributed by atoms with Crippen molar-refractivity contribution in [2.24, 2.45) is 0 Å². The molecule has 5 nitrogen and oxygen atoms in total. The molecule has 2 aromatic carbocycles. The van der Waals surface area contributed by atoms with Gasteiger partial charge in [-0.2, -0.15) is 0 Å². The standard InChI is InChI=1S/C21H28BN3O2/c1-2-5-16(11-21(26)27)25-20-7-4-3-6-19(20)24-13-14-12-23-18-9-8-15(22)10-17(14)18/h3-4,6-10,14,16,23-25H,2,5,11-13,22H2,1H3,(H,26,27). The third-order valence-electron chi connectivity index (χ3n) is 5.07. The van der Waals surface area contributed by atoms with Crippen LogP contribution in [-0.4, -0.2) is 38.1 Å². The molecule has 2 aromatic rings. The fourth-order valence-corrected chi connectivity index (χ4v) is 3.71. The first-order chi connectivity index (χ1) is 13.1. The Labute approximate surface area is 162 Å². The number of carboxylic acid groups (broad SMARTS) is 1. The van der Waals surface area contributed by atoms with Gasteiger partial charge in [0.2, 0.25) is 0 Å². The largest absolute Gasteiger partial charge is 0.481 e. The minimum Gasteiger partial charge on any atom is -0.481 e. The number of anilines is 3. The third-order valence-corrected chi connectivity index (χ3v) is 5.07. The SMILES string of the molecule is Bc1ccc2c(c1)C(CNc1ccccc1NC(CCC)CC(=O)O)CN2. The van der Waals surface area contributed by atoms with Crippen LogP contribution in [-0.2, 0) is 4.79 Å². The number of benzene rings is 2. The van der Waals surface area contributed by atoms with Crippen LogP contribution in [0.5, 0.6) is 0 Å². The molecule has 0 saturated carbocycles. The van der Waals surface area contributed by atoms with Crippen LogP contribution in [0.15, 0.2) is 42.5 Å². The molecule has 1 heterocycles. The zero-order valence-electron chi connectivity index (χ0n) is 16.1. The molecule has 27 heavy (non-hydrogen) atoms. The van der Waals surface area contributed by atoms with Gasteiger partial charge in [0.15, 0.2) is 0 Å². The molecule has 0 amide bonds. The van der Waals surface area contributed by atoms with E-state index in [9.17, 15) is 4.79 Å². The van der Waals surface area contributed by atoms with E-state index in [4.69, 9.17) is 5.11 Å². The van der Waals surface area contributed by atoms with Gasteiger partial charge < -0.3 is 21.1 Å². The molecule has 2 unspecified atom stereocenters. The second-order valence-electron chi connectivity index (χ2n) is 7.32. The molecule has 4 N–H and O–H groups in total. The van der Waals surface area contributed by atoms with Gasteiger partial charge in [-0.1, -0.05) is 43.1 Å². The second kappa shape index (κ2) is 8.84. The lowest BCUT2D eigenvalue weighted by molar-refractivity contribution is -0.137. The first-order valence-electron chi connectivity index (χ1n) is 9.72. The van der Waals surface area contributed by atoms with E-state index in [1.165, 1.54) is 16.7 Å². The molecule has 0 bridgehead atoms. The smallest absolute Gasteiger partial charge is 0.305 e. The molecule has 142 valence electrons. The van der Waals surface area contributed by atoms with Crippen LogP contribution in [0.3, 0.4) is 0 Å². The number of nitrogens with one attached hydrogen (secondary N) is 3. The Balaban J connectivity index is 1.68. The van der Waals surface area contributed by atoms with Crippen LogP contribution in [0.1, 0.15) is 37.7 Å². The summed E-state index contributed by atoms with van der Waals surface area (Å²) < 4.78 is 0. The van der Waals surface area contributed by atoms with Crippen LogP contribution in [0.25, 0.3) is 0 Å². The van der Waals surface area contributed by atoms with Crippen LogP contribution in [0.4, 0.5) is 17.1 Å². The number of para-hydroxylation sites is 2. The van der Waals surface area contributed by atoms with Crippen molar-refractivity contribution in [1.29, 1.82) is 0 Å². The molecule has 0 spiro atoms. The lowest BCUT2D eigenvalue weighted by atomic mass is 9.90. The first kappa shape index (κ1) is 19.1. The first-order valence-corrected chi connectivity index (χ1v) is 9.72. The number of rotatable bonds is 9. The molecule has 3 rings (SSSR count). The Morgan fingerprint density at radius 1 is 1.30 bits per heavy atom. The fourth-order valence-electron chi connectivity index (χ4n) is 3.71. The van der Waals surface area contributed by atoms with Gasteiger partial charge in [-0.15, -0.1) is 0 Å². The van der Waals surface area contributed by atoms with Crippen LogP contribution >= 0.6 is 0 Å². The van der Waals surface area contributed by atoms with E-state index in [-0.39, 0.29) is 12.5 Å². The fraction of sp³-hybridized carbons (Fsp3) is 0.381. The van der Waals surface area contributed by atoms with Gasteiger partial charge in [-0.3, -0.25) is 4.79 Å². The predicted octanol–water partition coefficient (Wildman–Crippen LogP) is 2.62. The Kier molecular flexibility index (Phi) is 6.27. The second-order valence-corrected chi connectivity index (χ2v) is 7.32. The van der Waals surface area contributed by atoms with E-state index in [0.29, 0.717) is 5.92 Å². The van der Waals surface area contributed by atoms with Crippen LogP contribution in [0, 0.1) is 0 Å². The average molecular weight is 365 g/mol. The molecule has 1 aliphatic heterocycles. The van der Waals surface area contributed by atoms with Crippen molar-refractivity contribution < 1.29 is 9.90 Å². The lowest BCUT2D eigenvalue weighted by Crippen LogP contribution is -2.24. The van der Waals surface area contributed by atoms with Crippen molar-refractivity contribution in [3.05, 3.63) is 48.0 Å². The summed E-state index contributed by atoms with van der Waals surface area (Å²) in [5.41, 5.74) is 5.85. The van der Waals surface area contributed by atoms with E-state index in [1.54, 1.807) is 0 Å². The zero-order valence-corrected chi connectivity index (χ0v) is 16.1. The number of carbonyl (C=O) groups is 1. The Hall–Kier alpha value is -2.63. The van der Waals surface area contributed by atoms with Gasteiger partial charge in [0.05, 0.1) is 17.8 Å². The summed E-state index contributed by atoms with van der Waals surface area (Å²) in [6.07, 6.45) is 1.91. The monoisotopic (exact) mass is 365 g/mol. The van der Waals surface area contributed by atoms with Crippen LogP contribution < -0.4 is 21.4 Å². The van der Waals surface area contributed by atoms with Gasteiger partial charge in [0.25, 0.3) is 0 Å². The minimum atomic E-state index is -0.768. The molecular formula is C21H28BN3O2. The molecule has 0 aliphatic carbocycles. The number of hydrogen-bond acceptors (Lipinski definition) is 4. The van der Waals surface area contributed by atoms with Crippen molar-refractivity contribution in [3.63, 3.8) is 0 Å². The highest BCUT2D eigenvalue weighted by Crippen LogP contribution is 2.31. The molecule has 0 fully saturated rings. The topological polar surface area (TPSA) is 73.4 Å². The molecule has 0 radical (unpaired) electrons. The molecule has 6 heteroatoms. The maximum absolute atomic E-state index is 11.1. The number of fused-ring (bicyclic) bond motifs is 1. The maximum atomic E-state index is 11.1. The van der Waals surface area contributed by atoms with Crippen molar-refractivity contribution in [2.75, 3.05) is 29.0 Å². The van der Waals surface area contributed by atoms with E-state index >= 15 is 0 Å². The minimum absolute atomic E-state index is 0.0630. The Morgan fingerprint density at radius 3 is 2.81 bits per heavy atom. The number of carboxylic acids is 1. The quantitative estimate of drug-likeness (QED) is 0.514. The predicted molar refractivity (Wildman–Crippen MR) is 115 cm³/mol. The highest BCUT2D eigenvalue weighted by Gasteiger charge is 2.22. The summed E-state index contributed by atoms with van der Waals surface area (Å²) in [5.74, 6) is -0.353. The van der Waals surface area contributed by atoms with Gasteiger partial charge in [-0.05, 0) is 30.2 Å². The summed E-state index contributed by atoms with van der Waals surface area (Å²) in [5, 5.41) is 19.6. The lowest BCUT2D eigenvalue weighted by Gasteiger charge is -2.21. The third kappa shape index (κ3) is 4.97. The van der Waals surface area contributed by atoms with Gasteiger partial charge in [0, 0.05) is 30.7 Å². The van der Waals surface area contributed by atoms with Crippen molar-refractivity contribution in [1.82, 2.24) is 0 Å². The van der Waals surface area contributed by atoms with Gasteiger partial charge in [0.1, 0.15) is 7.85 Å². The molecule has 0 aromatic heterocycles. The summed E-state index contributed by atoms with van der Waals surface area (Å²) in [6.45, 7) is 3.84. The van der Waals surface area contributed by atoms with Crippen molar-refractivity contribution in [3.8, 4) is 0 Å². The summed E-state index contributed by atoms with van der Waals surface area (Å²) in [4.78, 5) is 11.1. The zero-order chi connectivity index (χ0) is 19.2. The van der Waals surface area contributed by atoms with Gasteiger partial charge in [-0.25, -0.2) is 0 Å². The summed E-state index contributed by atoms with van der Waals surface area (Å²) in [7, 11) is 2.12.